The minimum atomic E-state index is -0.171. The summed E-state index contributed by atoms with van der Waals surface area (Å²) in [6.45, 7) is 0. The van der Waals surface area contributed by atoms with Gasteiger partial charge in [-0.25, -0.2) is 4.98 Å². The summed E-state index contributed by atoms with van der Waals surface area (Å²) in [6, 6.07) is 5.58. The third-order valence-corrected chi connectivity index (χ3v) is 2.81. The van der Waals surface area contributed by atoms with E-state index in [1.807, 2.05) is 29.0 Å². The number of hydrogen-bond donors (Lipinski definition) is 2. The summed E-state index contributed by atoms with van der Waals surface area (Å²) in [5.41, 5.74) is 13.7. The van der Waals surface area contributed by atoms with E-state index < -0.39 is 0 Å². The van der Waals surface area contributed by atoms with E-state index in [1.54, 1.807) is 17.5 Å². The van der Waals surface area contributed by atoms with Crippen LogP contribution in [0.5, 0.6) is 0 Å². The fourth-order valence-electron chi connectivity index (χ4n) is 1.32. The van der Waals surface area contributed by atoms with Crippen LogP contribution in [0.15, 0.2) is 35.2 Å². The molecule has 0 saturated carbocycles. The predicted molar refractivity (Wildman–Crippen MR) is 59.0 cm³/mol. The molecule has 72 valence electrons. The van der Waals surface area contributed by atoms with E-state index in [2.05, 4.69) is 4.98 Å². The summed E-state index contributed by atoms with van der Waals surface area (Å²) < 4.78 is 0. The summed E-state index contributed by atoms with van der Waals surface area (Å²) in [4.78, 5) is 4.01. The van der Waals surface area contributed by atoms with Crippen molar-refractivity contribution >= 4 is 17.2 Å². The zero-order valence-electron chi connectivity index (χ0n) is 7.55. The molecule has 0 saturated heterocycles. The second-order valence-electron chi connectivity index (χ2n) is 3.01. The van der Waals surface area contributed by atoms with E-state index in [-0.39, 0.29) is 6.04 Å². The largest absolute Gasteiger partial charge is 0.383 e. The van der Waals surface area contributed by atoms with Crippen molar-refractivity contribution in [1.29, 1.82) is 0 Å². The quantitative estimate of drug-likeness (QED) is 0.785. The van der Waals surface area contributed by atoms with Crippen molar-refractivity contribution in [2.45, 2.75) is 6.04 Å². The van der Waals surface area contributed by atoms with E-state index in [1.165, 1.54) is 0 Å². The second kappa shape index (κ2) is 3.77. The lowest BCUT2D eigenvalue weighted by Gasteiger charge is -2.11. The maximum Gasteiger partial charge on any atom is 0.128 e. The molecule has 0 aliphatic heterocycles. The van der Waals surface area contributed by atoms with Crippen molar-refractivity contribution in [3.05, 3.63) is 46.3 Å². The van der Waals surface area contributed by atoms with Crippen molar-refractivity contribution in [1.82, 2.24) is 4.98 Å². The monoisotopic (exact) mass is 205 g/mol. The Morgan fingerprint density at radius 3 is 2.86 bits per heavy atom. The zero-order chi connectivity index (χ0) is 9.97. The Morgan fingerprint density at radius 2 is 2.21 bits per heavy atom. The van der Waals surface area contributed by atoms with Gasteiger partial charge in [-0.05, 0) is 28.5 Å². The molecule has 0 aliphatic rings. The van der Waals surface area contributed by atoms with Crippen LogP contribution in [-0.4, -0.2) is 4.98 Å². The number of rotatable bonds is 2. The number of nitrogen functional groups attached to an aromatic ring is 1. The molecule has 0 radical (unpaired) electrons. The number of nitrogens with two attached hydrogens (primary N) is 2. The summed E-state index contributed by atoms with van der Waals surface area (Å²) in [5, 5.41) is 4.03. The molecule has 1 atom stereocenters. The van der Waals surface area contributed by atoms with Crippen molar-refractivity contribution in [3.8, 4) is 0 Å². The van der Waals surface area contributed by atoms with E-state index in [0.717, 1.165) is 11.1 Å². The molecule has 2 heterocycles. The number of nitrogens with zero attached hydrogens (tertiary/aromatic N) is 1. The van der Waals surface area contributed by atoms with Crippen LogP contribution in [0.4, 0.5) is 5.82 Å². The van der Waals surface area contributed by atoms with E-state index in [4.69, 9.17) is 11.5 Å². The summed E-state index contributed by atoms with van der Waals surface area (Å²) in [5.74, 6) is 0.506. The standard InChI is InChI=1S/C10H11N3S/c11-9(7-3-5-14-6-7)8-2-1-4-13-10(8)12/h1-6,9H,11H2,(H2,12,13). The molecule has 0 aromatic carbocycles. The van der Waals surface area contributed by atoms with Gasteiger partial charge >= 0.3 is 0 Å². The molecule has 2 aromatic heterocycles. The Labute approximate surface area is 86.4 Å². The van der Waals surface area contributed by atoms with Gasteiger partial charge in [-0.3, -0.25) is 0 Å². The average molecular weight is 205 g/mol. The van der Waals surface area contributed by atoms with Crippen LogP contribution in [0.25, 0.3) is 0 Å². The SMILES string of the molecule is Nc1ncccc1C(N)c1ccsc1. The Morgan fingerprint density at radius 1 is 1.36 bits per heavy atom. The van der Waals surface area contributed by atoms with Gasteiger partial charge in [-0.1, -0.05) is 6.07 Å². The number of anilines is 1. The smallest absolute Gasteiger partial charge is 0.128 e. The number of thiophene rings is 1. The van der Waals surface area contributed by atoms with Crippen LogP contribution in [0.1, 0.15) is 17.2 Å². The highest BCUT2D eigenvalue weighted by molar-refractivity contribution is 7.08. The van der Waals surface area contributed by atoms with Crippen LogP contribution in [0.2, 0.25) is 0 Å². The molecule has 4 heteroatoms. The van der Waals surface area contributed by atoms with Crippen molar-refractivity contribution in [2.24, 2.45) is 5.73 Å². The molecule has 0 amide bonds. The molecule has 0 bridgehead atoms. The van der Waals surface area contributed by atoms with Gasteiger partial charge in [0.05, 0.1) is 6.04 Å². The minimum Gasteiger partial charge on any atom is -0.383 e. The van der Waals surface area contributed by atoms with Gasteiger partial charge in [-0.2, -0.15) is 11.3 Å². The molecular weight excluding hydrogens is 194 g/mol. The number of aromatic nitrogens is 1. The minimum absolute atomic E-state index is 0.171. The third kappa shape index (κ3) is 1.62. The maximum atomic E-state index is 6.05. The number of pyridine rings is 1. The van der Waals surface area contributed by atoms with Gasteiger partial charge in [0.2, 0.25) is 0 Å². The van der Waals surface area contributed by atoms with E-state index >= 15 is 0 Å². The van der Waals surface area contributed by atoms with Crippen LogP contribution >= 0.6 is 11.3 Å². The first kappa shape index (κ1) is 9.18. The lowest BCUT2D eigenvalue weighted by molar-refractivity contribution is 0.873. The maximum absolute atomic E-state index is 6.05. The van der Waals surface area contributed by atoms with Gasteiger partial charge in [0.25, 0.3) is 0 Å². The van der Waals surface area contributed by atoms with Gasteiger partial charge in [0.1, 0.15) is 5.82 Å². The Balaban J connectivity index is 2.37. The van der Waals surface area contributed by atoms with Gasteiger partial charge in [-0.15, -0.1) is 0 Å². The first-order valence-corrected chi connectivity index (χ1v) is 5.21. The first-order chi connectivity index (χ1) is 6.79. The topological polar surface area (TPSA) is 64.9 Å². The summed E-state index contributed by atoms with van der Waals surface area (Å²) >= 11 is 1.63. The first-order valence-electron chi connectivity index (χ1n) is 4.27. The van der Waals surface area contributed by atoms with Gasteiger partial charge in [0.15, 0.2) is 0 Å². The molecule has 1 unspecified atom stereocenters. The molecule has 0 aliphatic carbocycles. The molecule has 4 N–H and O–H groups in total. The highest BCUT2D eigenvalue weighted by Gasteiger charge is 2.11. The predicted octanol–water partition coefficient (Wildman–Crippen LogP) is 1.77. The van der Waals surface area contributed by atoms with Crippen LogP contribution in [-0.2, 0) is 0 Å². The van der Waals surface area contributed by atoms with Crippen molar-refractivity contribution in [2.75, 3.05) is 5.73 Å². The molecule has 0 fully saturated rings. The average Bonchev–Trinajstić information content (AvgIpc) is 2.70. The second-order valence-corrected chi connectivity index (χ2v) is 3.79. The van der Waals surface area contributed by atoms with E-state index in [9.17, 15) is 0 Å². The highest BCUT2D eigenvalue weighted by Crippen LogP contribution is 2.24. The lowest BCUT2D eigenvalue weighted by Crippen LogP contribution is -2.13. The molecule has 3 nitrogen and oxygen atoms in total. The summed E-state index contributed by atoms with van der Waals surface area (Å²) in [6.07, 6.45) is 1.67. The molecule has 2 aromatic rings. The van der Waals surface area contributed by atoms with Gasteiger partial charge in [0, 0.05) is 11.8 Å². The van der Waals surface area contributed by atoms with Gasteiger partial charge < -0.3 is 11.5 Å². The zero-order valence-corrected chi connectivity index (χ0v) is 8.37. The molecule has 0 spiro atoms. The van der Waals surface area contributed by atoms with E-state index in [0.29, 0.717) is 5.82 Å². The Kier molecular flexibility index (Phi) is 2.47. The van der Waals surface area contributed by atoms with Crippen LogP contribution in [0, 0.1) is 0 Å². The van der Waals surface area contributed by atoms with Crippen molar-refractivity contribution in [3.63, 3.8) is 0 Å². The normalized spacial score (nSPS) is 12.6. The lowest BCUT2D eigenvalue weighted by atomic mass is 10.0. The molecule has 14 heavy (non-hydrogen) atoms. The summed E-state index contributed by atoms with van der Waals surface area (Å²) in [7, 11) is 0. The third-order valence-electron chi connectivity index (χ3n) is 2.11. The Bertz CT molecular complexity index is 411. The Hall–Kier alpha value is -1.39. The molecule has 2 rings (SSSR count). The number of hydrogen-bond acceptors (Lipinski definition) is 4. The highest BCUT2D eigenvalue weighted by atomic mass is 32.1. The fraction of sp³-hybridized carbons (Fsp3) is 0.100. The van der Waals surface area contributed by atoms with Crippen molar-refractivity contribution < 1.29 is 0 Å². The molecular formula is C10H11N3S. The van der Waals surface area contributed by atoms with Crippen LogP contribution < -0.4 is 11.5 Å². The van der Waals surface area contributed by atoms with Crippen LogP contribution in [0.3, 0.4) is 0 Å². The fourth-order valence-corrected chi connectivity index (χ4v) is 2.02.